The number of aromatic nitrogens is 1. The van der Waals surface area contributed by atoms with Crippen molar-refractivity contribution in [2.75, 3.05) is 9.80 Å². The Morgan fingerprint density at radius 3 is 2.35 bits per heavy atom. The standard InChI is InChI=1S/C25H20F3N3O3/c1-16-14-24(16)22(32)30(19-7-9-20(10-8-19)34-25(26,27)28)23(33)31(24)21-11-12-29-15-18(21)13-17-5-3-2-4-6-17/h2-12,15-16H,13-14H2,1H3. The fourth-order valence-electron chi connectivity index (χ4n) is 4.60. The monoisotopic (exact) mass is 467 g/mol. The van der Waals surface area contributed by atoms with Gasteiger partial charge in [0.25, 0.3) is 5.91 Å². The zero-order valence-corrected chi connectivity index (χ0v) is 18.1. The molecule has 1 aliphatic heterocycles. The molecule has 2 fully saturated rings. The lowest BCUT2D eigenvalue weighted by molar-refractivity contribution is -0.274. The molecule has 2 heterocycles. The van der Waals surface area contributed by atoms with Gasteiger partial charge in [0.1, 0.15) is 11.3 Å². The molecule has 1 aliphatic carbocycles. The van der Waals surface area contributed by atoms with Crippen LogP contribution in [0.3, 0.4) is 0 Å². The van der Waals surface area contributed by atoms with Crippen molar-refractivity contribution < 1.29 is 27.5 Å². The first-order chi connectivity index (χ1) is 16.2. The average molecular weight is 467 g/mol. The summed E-state index contributed by atoms with van der Waals surface area (Å²) in [5.74, 6) is -0.891. The van der Waals surface area contributed by atoms with E-state index >= 15 is 0 Å². The Hall–Kier alpha value is -3.88. The minimum absolute atomic E-state index is 0.0699. The highest BCUT2D eigenvalue weighted by molar-refractivity contribution is 6.32. The molecule has 9 heteroatoms. The topological polar surface area (TPSA) is 62.7 Å². The number of carbonyl (C=O) groups is 2. The van der Waals surface area contributed by atoms with E-state index in [2.05, 4.69) is 9.72 Å². The second kappa shape index (κ2) is 7.86. The molecule has 0 bridgehead atoms. The normalized spacial score (nSPS) is 21.9. The third-order valence-electron chi connectivity index (χ3n) is 6.31. The van der Waals surface area contributed by atoms with Crippen molar-refractivity contribution in [3.05, 3.63) is 84.2 Å². The Bertz CT molecular complexity index is 1250. The van der Waals surface area contributed by atoms with Gasteiger partial charge in [-0.1, -0.05) is 37.3 Å². The van der Waals surface area contributed by atoms with Gasteiger partial charge in [0, 0.05) is 18.8 Å². The van der Waals surface area contributed by atoms with Crippen LogP contribution in [-0.2, 0) is 11.2 Å². The number of nitrogens with zero attached hydrogens (tertiary/aromatic N) is 3. The van der Waals surface area contributed by atoms with E-state index in [0.717, 1.165) is 28.2 Å². The van der Waals surface area contributed by atoms with Crippen LogP contribution < -0.4 is 14.5 Å². The highest BCUT2D eigenvalue weighted by Crippen LogP contribution is 2.56. The maximum absolute atomic E-state index is 13.6. The molecule has 5 rings (SSSR count). The van der Waals surface area contributed by atoms with Crippen molar-refractivity contribution in [2.45, 2.75) is 31.7 Å². The van der Waals surface area contributed by atoms with Crippen LogP contribution in [0.4, 0.5) is 29.3 Å². The van der Waals surface area contributed by atoms with Crippen LogP contribution in [0.5, 0.6) is 5.75 Å². The summed E-state index contributed by atoms with van der Waals surface area (Å²) in [6.07, 6.45) is -0.547. The fraction of sp³-hybridized carbons (Fsp3) is 0.240. The van der Waals surface area contributed by atoms with Gasteiger partial charge >= 0.3 is 12.4 Å². The molecule has 34 heavy (non-hydrogen) atoms. The lowest BCUT2D eigenvalue weighted by atomic mass is 10.0. The number of halogens is 3. The number of carbonyl (C=O) groups excluding carboxylic acids is 2. The van der Waals surface area contributed by atoms with Crippen LogP contribution in [0.1, 0.15) is 24.5 Å². The Kier molecular flexibility index (Phi) is 5.07. The van der Waals surface area contributed by atoms with E-state index in [9.17, 15) is 22.8 Å². The van der Waals surface area contributed by atoms with Crippen LogP contribution in [-0.4, -0.2) is 28.8 Å². The van der Waals surface area contributed by atoms with Gasteiger partial charge in [0.15, 0.2) is 0 Å². The van der Waals surface area contributed by atoms with Crippen LogP contribution in [0.2, 0.25) is 0 Å². The number of urea groups is 1. The Balaban J connectivity index is 1.51. The van der Waals surface area contributed by atoms with Gasteiger partial charge in [0.2, 0.25) is 0 Å². The Morgan fingerprint density at radius 1 is 1.06 bits per heavy atom. The Morgan fingerprint density at radius 2 is 1.74 bits per heavy atom. The second-order valence-electron chi connectivity index (χ2n) is 8.50. The van der Waals surface area contributed by atoms with Crippen LogP contribution >= 0.6 is 0 Å². The summed E-state index contributed by atoms with van der Waals surface area (Å²) in [7, 11) is 0. The van der Waals surface area contributed by atoms with E-state index in [0.29, 0.717) is 18.5 Å². The van der Waals surface area contributed by atoms with E-state index in [1.807, 2.05) is 37.3 Å². The molecule has 2 aromatic carbocycles. The largest absolute Gasteiger partial charge is 0.573 e. The van der Waals surface area contributed by atoms with E-state index < -0.39 is 29.6 Å². The van der Waals surface area contributed by atoms with Crippen molar-refractivity contribution in [3.63, 3.8) is 0 Å². The molecular formula is C25H20F3N3O3. The maximum atomic E-state index is 13.6. The number of imide groups is 1. The van der Waals surface area contributed by atoms with Gasteiger partial charge < -0.3 is 4.74 Å². The van der Waals surface area contributed by atoms with E-state index in [-0.39, 0.29) is 11.6 Å². The maximum Gasteiger partial charge on any atom is 0.573 e. The summed E-state index contributed by atoms with van der Waals surface area (Å²) in [4.78, 5) is 33.9. The number of alkyl halides is 3. The molecule has 6 nitrogen and oxygen atoms in total. The van der Waals surface area contributed by atoms with Crippen molar-refractivity contribution in [2.24, 2.45) is 5.92 Å². The summed E-state index contributed by atoms with van der Waals surface area (Å²) < 4.78 is 41.4. The van der Waals surface area contributed by atoms with Crippen molar-refractivity contribution in [1.29, 1.82) is 0 Å². The second-order valence-corrected chi connectivity index (χ2v) is 8.50. The van der Waals surface area contributed by atoms with Gasteiger partial charge in [-0.25, -0.2) is 9.69 Å². The van der Waals surface area contributed by atoms with Crippen molar-refractivity contribution in [1.82, 2.24) is 4.98 Å². The summed E-state index contributed by atoms with van der Waals surface area (Å²) in [6.45, 7) is 1.90. The minimum Gasteiger partial charge on any atom is -0.406 e. The first-order valence-corrected chi connectivity index (χ1v) is 10.7. The lowest BCUT2D eigenvalue weighted by Gasteiger charge is -2.25. The Labute approximate surface area is 193 Å². The summed E-state index contributed by atoms with van der Waals surface area (Å²) in [5.41, 5.74) is 1.59. The predicted octanol–water partition coefficient (Wildman–Crippen LogP) is 5.32. The molecule has 1 saturated carbocycles. The van der Waals surface area contributed by atoms with E-state index in [1.54, 1.807) is 18.5 Å². The quantitative estimate of drug-likeness (QED) is 0.477. The number of ether oxygens (including phenoxy) is 1. The highest BCUT2D eigenvalue weighted by Gasteiger charge is 2.70. The van der Waals surface area contributed by atoms with E-state index in [4.69, 9.17) is 0 Å². The zero-order valence-electron chi connectivity index (χ0n) is 18.1. The van der Waals surface area contributed by atoms with E-state index in [1.165, 1.54) is 17.0 Å². The molecule has 1 aromatic heterocycles. The van der Waals surface area contributed by atoms with Crippen LogP contribution in [0, 0.1) is 5.92 Å². The summed E-state index contributed by atoms with van der Waals surface area (Å²) >= 11 is 0. The first-order valence-electron chi connectivity index (χ1n) is 10.7. The molecule has 2 aliphatic rings. The number of hydrogen-bond acceptors (Lipinski definition) is 4. The summed E-state index contributed by atoms with van der Waals surface area (Å²) in [6, 6.07) is 15.6. The van der Waals surface area contributed by atoms with Gasteiger partial charge in [-0.3, -0.25) is 14.7 Å². The van der Waals surface area contributed by atoms with Gasteiger partial charge in [-0.05, 0) is 53.8 Å². The fourth-order valence-corrected chi connectivity index (χ4v) is 4.60. The number of amides is 3. The number of anilines is 2. The van der Waals surface area contributed by atoms with Crippen LogP contribution in [0.15, 0.2) is 73.1 Å². The number of benzene rings is 2. The molecule has 3 aromatic rings. The lowest BCUT2D eigenvalue weighted by Crippen LogP contribution is -2.39. The smallest absolute Gasteiger partial charge is 0.406 e. The minimum atomic E-state index is -4.83. The molecule has 2 unspecified atom stereocenters. The summed E-state index contributed by atoms with van der Waals surface area (Å²) in [5, 5.41) is 0. The third kappa shape index (κ3) is 3.67. The molecule has 2 atom stereocenters. The molecule has 174 valence electrons. The molecule has 0 N–H and O–H groups in total. The third-order valence-corrected chi connectivity index (χ3v) is 6.31. The number of pyridine rings is 1. The van der Waals surface area contributed by atoms with Gasteiger partial charge in [0.05, 0.1) is 11.4 Å². The molecule has 1 saturated heterocycles. The van der Waals surface area contributed by atoms with Gasteiger partial charge in [-0.2, -0.15) is 0 Å². The average Bonchev–Trinajstić information content (AvgIpc) is 3.41. The van der Waals surface area contributed by atoms with Gasteiger partial charge in [-0.15, -0.1) is 13.2 Å². The first kappa shape index (κ1) is 21.9. The molecule has 1 spiro atoms. The molecule has 0 radical (unpaired) electrons. The van der Waals surface area contributed by atoms with Crippen LogP contribution in [0.25, 0.3) is 0 Å². The van der Waals surface area contributed by atoms with Crippen molar-refractivity contribution in [3.8, 4) is 5.75 Å². The predicted molar refractivity (Wildman–Crippen MR) is 118 cm³/mol. The number of hydrogen-bond donors (Lipinski definition) is 0. The number of rotatable bonds is 5. The SMILES string of the molecule is CC1CC12C(=O)N(c1ccc(OC(F)(F)F)cc1)C(=O)N2c1ccncc1Cc1ccccc1. The van der Waals surface area contributed by atoms with Crippen molar-refractivity contribution >= 4 is 23.3 Å². The zero-order chi connectivity index (χ0) is 24.1. The molecule has 3 amide bonds. The highest BCUT2D eigenvalue weighted by atomic mass is 19.4. The molecular weight excluding hydrogens is 447 g/mol.